The van der Waals surface area contributed by atoms with Crippen LogP contribution in [-0.2, 0) is 9.53 Å². The number of Topliss-reactive ketones (excluding diaryl/α,β-unsaturated/α-hetero) is 1. The average molecular weight is 349 g/mol. The molecule has 0 saturated carbocycles. The van der Waals surface area contributed by atoms with Crippen molar-refractivity contribution in [2.24, 2.45) is 0 Å². The number of hydrogen-bond acceptors (Lipinski definition) is 5. The number of hydrogen-bond donors (Lipinski definition) is 2. The summed E-state index contributed by atoms with van der Waals surface area (Å²) < 4.78 is 4.73. The third kappa shape index (κ3) is 20.2. The van der Waals surface area contributed by atoms with Crippen LogP contribution in [0.5, 0.6) is 0 Å². The molecule has 0 aromatic heterocycles. The molecule has 1 heterocycles. The smallest absolute Gasteiger partial charge is 0.132 e. The predicted molar refractivity (Wildman–Crippen MR) is 79.4 cm³/mol. The summed E-state index contributed by atoms with van der Waals surface area (Å²) in [5.41, 5.74) is 0. The first-order valence-electron chi connectivity index (χ1n) is 5.93. The number of carbonyl (C=O) groups excluding carboxylic acids is 1. The molecule has 118 valence electrons. The highest BCUT2D eigenvalue weighted by Crippen LogP contribution is 2.08. The van der Waals surface area contributed by atoms with Crippen LogP contribution in [0.2, 0.25) is 0 Å². The van der Waals surface area contributed by atoms with Crippen LogP contribution < -0.4 is 0 Å². The van der Waals surface area contributed by atoms with Crippen LogP contribution in [0.25, 0.3) is 0 Å². The number of ether oxygens (including phenoxy) is 1. The zero-order valence-electron chi connectivity index (χ0n) is 11.3. The minimum absolute atomic E-state index is 0.0295. The first-order chi connectivity index (χ1) is 9.40. The summed E-state index contributed by atoms with van der Waals surface area (Å²) in [7, 11) is 0. The zero-order chi connectivity index (χ0) is 16.0. The molecule has 0 aromatic carbocycles. The van der Waals surface area contributed by atoms with E-state index in [0.29, 0.717) is 12.0 Å². The molecule has 8 heteroatoms. The summed E-state index contributed by atoms with van der Waals surface area (Å²) in [6.07, 6.45) is -0.606. The van der Waals surface area contributed by atoms with Gasteiger partial charge in [0.1, 0.15) is 5.78 Å². The van der Waals surface area contributed by atoms with Crippen molar-refractivity contribution >= 4 is 40.6 Å². The van der Waals surface area contributed by atoms with Crippen LogP contribution >= 0.6 is 34.8 Å². The number of aliphatic hydroxyl groups excluding tert-OH is 2. The van der Waals surface area contributed by atoms with Crippen LogP contribution in [-0.4, -0.2) is 58.6 Å². The first-order valence-corrected chi connectivity index (χ1v) is 7.53. The third-order valence-electron chi connectivity index (χ3n) is 1.78. The van der Waals surface area contributed by atoms with E-state index in [2.05, 4.69) is 0 Å². The number of aliphatic hydroxyl groups is 2. The molecule has 0 bridgehead atoms. The van der Waals surface area contributed by atoms with E-state index in [1.165, 1.54) is 6.92 Å². The normalized spacial score (nSPS) is 18.4. The molecule has 1 rings (SSSR count). The van der Waals surface area contributed by atoms with Gasteiger partial charge in [-0.1, -0.05) is 0 Å². The highest BCUT2D eigenvalue weighted by molar-refractivity contribution is 6.18. The lowest BCUT2D eigenvalue weighted by atomic mass is 10.2. The number of epoxide rings is 1. The minimum Gasteiger partial charge on any atom is -0.391 e. The van der Waals surface area contributed by atoms with E-state index in [1.54, 1.807) is 6.07 Å². The summed E-state index contributed by atoms with van der Waals surface area (Å²) >= 11 is 15.6. The van der Waals surface area contributed by atoms with E-state index in [9.17, 15) is 4.79 Å². The van der Waals surface area contributed by atoms with Gasteiger partial charge in [0.25, 0.3) is 0 Å². The van der Waals surface area contributed by atoms with E-state index < -0.39 is 12.2 Å². The average Bonchev–Trinajstić information content (AvgIpc) is 3.23. The third-order valence-corrected chi connectivity index (χ3v) is 2.84. The Bertz CT molecular complexity index is 282. The second-order valence-corrected chi connectivity index (χ2v) is 4.92. The Balaban J connectivity index is 0. The molecule has 3 atom stereocenters. The Morgan fingerprint density at radius 2 is 1.85 bits per heavy atom. The van der Waals surface area contributed by atoms with Gasteiger partial charge in [-0.05, 0) is 6.92 Å². The van der Waals surface area contributed by atoms with Crippen molar-refractivity contribution in [2.45, 2.75) is 38.1 Å². The van der Waals surface area contributed by atoms with Gasteiger partial charge >= 0.3 is 0 Å². The number of carbonyl (C=O) groups is 1. The lowest BCUT2D eigenvalue weighted by Crippen LogP contribution is -2.12. The van der Waals surface area contributed by atoms with Crippen molar-refractivity contribution in [3.05, 3.63) is 0 Å². The van der Waals surface area contributed by atoms with Crippen molar-refractivity contribution in [3.63, 3.8) is 0 Å². The van der Waals surface area contributed by atoms with E-state index in [4.69, 9.17) is 55.0 Å². The van der Waals surface area contributed by atoms with E-state index >= 15 is 0 Å². The lowest BCUT2D eigenvalue weighted by Gasteiger charge is -1.99. The minimum atomic E-state index is -0.658. The van der Waals surface area contributed by atoms with E-state index in [-0.39, 0.29) is 30.4 Å². The summed E-state index contributed by atoms with van der Waals surface area (Å²) in [6, 6.07) is 1.78. The molecule has 0 aromatic rings. The molecule has 5 nitrogen and oxygen atoms in total. The zero-order valence-corrected chi connectivity index (χ0v) is 13.5. The van der Waals surface area contributed by atoms with Crippen LogP contribution in [0.3, 0.4) is 0 Å². The molecule has 2 N–H and O–H groups in total. The number of nitriles is 1. The van der Waals surface area contributed by atoms with Crippen LogP contribution in [0.1, 0.15) is 19.8 Å². The Morgan fingerprint density at radius 3 is 1.95 bits per heavy atom. The maximum absolute atomic E-state index is 10.2. The molecule has 0 aliphatic carbocycles. The fourth-order valence-electron chi connectivity index (χ4n) is 0.703. The second kappa shape index (κ2) is 15.3. The molecule has 20 heavy (non-hydrogen) atoms. The topological polar surface area (TPSA) is 93.9 Å². The van der Waals surface area contributed by atoms with Crippen molar-refractivity contribution in [1.82, 2.24) is 0 Å². The lowest BCUT2D eigenvalue weighted by molar-refractivity contribution is -0.118. The van der Waals surface area contributed by atoms with Crippen LogP contribution in [0, 0.1) is 11.3 Å². The largest absolute Gasteiger partial charge is 0.391 e. The Labute approximate surface area is 134 Å². The summed E-state index contributed by atoms with van der Waals surface area (Å²) in [5, 5.41) is 25.1. The van der Waals surface area contributed by atoms with Crippen molar-refractivity contribution in [2.75, 3.05) is 24.2 Å². The number of halogens is 3. The highest BCUT2D eigenvalue weighted by atomic mass is 35.5. The van der Waals surface area contributed by atoms with Gasteiger partial charge in [-0.15, -0.1) is 34.8 Å². The monoisotopic (exact) mass is 347 g/mol. The van der Waals surface area contributed by atoms with Gasteiger partial charge in [0.15, 0.2) is 0 Å². The van der Waals surface area contributed by atoms with E-state index in [1.807, 2.05) is 0 Å². The fourth-order valence-corrected chi connectivity index (χ4v) is 1.10. The van der Waals surface area contributed by atoms with Gasteiger partial charge < -0.3 is 14.9 Å². The molecular weight excluding hydrogens is 328 g/mol. The number of nitrogens with zero attached hydrogens (tertiary/aromatic N) is 1. The molecule has 1 aliphatic rings. The number of ketones is 1. The first kappa shape index (κ1) is 22.2. The molecule has 0 unspecified atom stereocenters. The maximum atomic E-state index is 10.2. The number of rotatable bonds is 6. The van der Waals surface area contributed by atoms with Crippen molar-refractivity contribution in [1.29, 1.82) is 5.26 Å². The number of alkyl halides is 3. The summed E-state index contributed by atoms with van der Waals surface area (Å²) in [4.78, 5) is 10.2. The second-order valence-electron chi connectivity index (χ2n) is 3.99. The molecule has 0 amide bonds. The van der Waals surface area contributed by atoms with Crippen molar-refractivity contribution < 1.29 is 19.7 Å². The van der Waals surface area contributed by atoms with Gasteiger partial charge in [-0.25, -0.2) is 0 Å². The Kier molecular flexibility index (Phi) is 17.0. The summed E-state index contributed by atoms with van der Waals surface area (Å²) in [5.74, 6) is 0.922. The molecule has 1 fully saturated rings. The van der Waals surface area contributed by atoms with E-state index in [0.717, 1.165) is 6.61 Å². The van der Waals surface area contributed by atoms with Crippen LogP contribution in [0.4, 0.5) is 0 Å². The van der Waals surface area contributed by atoms with Gasteiger partial charge in [0, 0.05) is 18.2 Å². The molecule has 0 radical (unpaired) electrons. The quantitative estimate of drug-likeness (QED) is 0.563. The maximum Gasteiger partial charge on any atom is 0.132 e. The molecule has 1 aliphatic heterocycles. The fraction of sp³-hybridized carbons (Fsp3) is 0.833. The highest BCUT2D eigenvalue weighted by Gasteiger charge is 2.19. The molecule has 0 spiro atoms. The van der Waals surface area contributed by atoms with Gasteiger partial charge in [-0.3, -0.25) is 4.79 Å². The molecular formula is C12H20Cl3NO4. The Hall–Kier alpha value is -0.0900. The van der Waals surface area contributed by atoms with Crippen molar-refractivity contribution in [3.8, 4) is 6.07 Å². The van der Waals surface area contributed by atoms with Crippen LogP contribution in [0.15, 0.2) is 0 Å². The predicted octanol–water partition coefficient (Wildman–Crippen LogP) is 1.69. The van der Waals surface area contributed by atoms with Gasteiger partial charge in [-0.2, -0.15) is 5.26 Å². The van der Waals surface area contributed by atoms with Gasteiger partial charge in [0.2, 0.25) is 0 Å². The summed E-state index contributed by atoms with van der Waals surface area (Å²) in [6.45, 7) is 2.30. The standard InChI is InChI=1S/C5H9ClO2.C4H6ClNO.C3H5ClO/c1-4(7)2-5(8)3-6;5-3-4(7)1-2-6;4-1-3-2-5-3/h5,8H,2-3H2,1H3;4,7H,1,3H2;3H,1-2H2/t5-;4-;3-/m001/s1. The SMILES string of the molecule is CC(=O)C[C@H](O)CCl.ClC[C@@H]1CO1.N#CC[C@H](O)CCl. The Morgan fingerprint density at radius 1 is 1.35 bits per heavy atom. The van der Waals surface area contributed by atoms with Gasteiger partial charge in [0.05, 0.1) is 43.3 Å². The molecule has 1 saturated heterocycles.